The Bertz CT molecular complexity index is 1040. The van der Waals surface area contributed by atoms with Crippen molar-refractivity contribution in [3.63, 3.8) is 0 Å². The first-order valence-electron chi connectivity index (χ1n) is 10.1. The molecule has 0 radical (unpaired) electrons. The molecule has 0 saturated heterocycles. The maximum absolute atomic E-state index is 13.1. The maximum atomic E-state index is 13.1. The van der Waals surface area contributed by atoms with Crippen molar-refractivity contribution in [1.29, 1.82) is 0 Å². The fourth-order valence-electron chi connectivity index (χ4n) is 3.94. The van der Waals surface area contributed by atoms with Crippen LogP contribution in [0.2, 0.25) is 0 Å². The van der Waals surface area contributed by atoms with Gasteiger partial charge >= 0.3 is 0 Å². The standard InChI is InChI=1S/C21H22N2O2S.C2H6/c1-13-6-5-9-16(10-13)18-14(2)26-20-19(18)21(25)23(12-22-20)11-17(24)15-7-3-4-8-15;1-2/h5-6,9-10,12,15H,3-4,7-8,11H2,1-2H3;1-2H3. The van der Waals surface area contributed by atoms with E-state index in [9.17, 15) is 9.59 Å². The van der Waals surface area contributed by atoms with Crippen molar-refractivity contribution in [2.24, 2.45) is 5.92 Å². The largest absolute Gasteiger partial charge is 0.297 e. The lowest BCUT2D eigenvalue weighted by atomic mass is 10.0. The van der Waals surface area contributed by atoms with Crippen molar-refractivity contribution >= 4 is 27.3 Å². The molecular formula is C23H28N2O2S. The van der Waals surface area contributed by atoms with Crippen molar-refractivity contribution in [1.82, 2.24) is 9.55 Å². The summed E-state index contributed by atoms with van der Waals surface area (Å²) in [5, 5.41) is 0.639. The number of aryl methyl sites for hydroxylation is 2. The number of carbonyl (C=O) groups is 1. The van der Waals surface area contributed by atoms with E-state index in [1.807, 2.05) is 45.9 Å². The fraction of sp³-hybridized carbons (Fsp3) is 0.435. The van der Waals surface area contributed by atoms with Crippen LogP contribution in [-0.2, 0) is 11.3 Å². The van der Waals surface area contributed by atoms with Gasteiger partial charge in [0.1, 0.15) is 4.83 Å². The van der Waals surface area contributed by atoms with Crippen molar-refractivity contribution in [3.8, 4) is 11.1 Å². The molecule has 5 heteroatoms. The van der Waals surface area contributed by atoms with Gasteiger partial charge < -0.3 is 0 Å². The average molecular weight is 397 g/mol. The zero-order valence-corrected chi connectivity index (χ0v) is 17.9. The lowest BCUT2D eigenvalue weighted by Gasteiger charge is -2.10. The highest BCUT2D eigenvalue weighted by atomic mass is 32.1. The van der Waals surface area contributed by atoms with Crippen LogP contribution in [0.3, 0.4) is 0 Å². The number of carbonyl (C=O) groups excluding carboxylic acids is 1. The number of benzene rings is 1. The molecule has 2 heterocycles. The van der Waals surface area contributed by atoms with Crippen LogP contribution in [0.1, 0.15) is 50.0 Å². The van der Waals surface area contributed by atoms with Crippen LogP contribution in [0.5, 0.6) is 0 Å². The Labute approximate surface area is 170 Å². The number of fused-ring (bicyclic) bond motifs is 1. The fourth-order valence-corrected chi connectivity index (χ4v) is 4.95. The lowest BCUT2D eigenvalue weighted by molar-refractivity contribution is -0.123. The molecule has 28 heavy (non-hydrogen) atoms. The third-order valence-corrected chi connectivity index (χ3v) is 6.31. The van der Waals surface area contributed by atoms with Gasteiger partial charge in [0.15, 0.2) is 5.78 Å². The van der Waals surface area contributed by atoms with Crippen LogP contribution < -0.4 is 5.56 Å². The summed E-state index contributed by atoms with van der Waals surface area (Å²) in [6, 6.07) is 8.17. The summed E-state index contributed by atoms with van der Waals surface area (Å²) in [5.41, 5.74) is 3.03. The van der Waals surface area contributed by atoms with Crippen LogP contribution in [0.15, 0.2) is 35.4 Å². The van der Waals surface area contributed by atoms with Gasteiger partial charge in [-0.3, -0.25) is 14.2 Å². The molecule has 0 atom stereocenters. The first kappa shape index (κ1) is 20.5. The Kier molecular flexibility index (Phi) is 6.45. The highest BCUT2D eigenvalue weighted by Gasteiger charge is 2.24. The number of nitrogens with zero attached hydrogens (tertiary/aromatic N) is 2. The van der Waals surface area contributed by atoms with E-state index in [-0.39, 0.29) is 23.8 Å². The molecule has 0 unspecified atom stereocenters. The number of aromatic nitrogens is 2. The number of thiophene rings is 1. The normalized spacial score (nSPS) is 14.1. The van der Waals surface area contributed by atoms with Crippen LogP contribution in [0.4, 0.5) is 0 Å². The Balaban J connectivity index is 0.00000109. The Hall–Kier alpha value is -2.27. The van der Waals surface area contributed by atoms with Crippen LogP contribution in [-0.4, -0.2) is 15.3 Å². The highest BCUT2D eigenvalue weighted by Crippen LogP contribution is 2.35. The van der Waals surface area contributed by atoms with E-state index in [1.54, 1.807) is 0 Å². The van der Waals surface area contributed by atoms with E-state index in [2.05, 4.69) is 11.1 Å². The van der Waals surface area contributed by atoms with Gasteiger partial charge in [-0.15, -0.1) is 11.3 Å². The highest BCUT2D eigenvalue weighted by molar-refractivity contribution is 7.19. The van der Waals surface area contributed by atoms with Gasteiger partial charge in [-0.2, -0.15) is 0 Å². The van der Waals surface area contributed by atoms with E-state index in [4.69, 9.17) is 0 Å². The summed E-state index contributed by atoms with van der Waals surface area (Å²) in [5.74, 6) is 0.271. The minimum atomic E-state index is -0.109. The van der Waals surface area contributed by atoms with Gasteiger partial charge in [0.05, 0.1) is 18.3 Å². The van der Waals surface area contributed by atoms with E-state index < -0.39 is 0 Å². The molecular weight excluding hydrogens is 368 g/mol. The molecule has 0 amide bonds. The molecule has 4 nitrogen and oxygen atoms in total. The molecule has 2 aromatic heterocycles. The van der Waals surface area contributed by atoms with Crippen molar-refractivity contribution in [2.75, 3.05) is 0 Å². The average Bonchev–Trinajstić information content (AvgIpc) is 3.33. The summed E-state index contributed by atoms with van der Waals surface area (Å²) >= 11 is 1.54. The smallest absolute Gasteiger partial charge is 0.263 e. The monoisotopic (exact) mass is 396 g/mol. The molecule has 4 rings (SSSR count). The number of ketones is 1. The molecule has 0 N–H and O–H groups in total. The molecule has 0 spiro atoms. The Morgan fingerprint density at radius 3 is 2.61 bits per heavy atom. The first-order chi connectivity index (χ1) is 13.5. The van der Waals surface area contributed by atoms with E-state index >= 15 is 0 Å². The van der Waals surface area contributed by atoms with Gasteiger partial charge in [-0.05, 0) is 32.3 Å². The summed E-state index contributed by atoms with van der Waals surface area (Å²) in [6.07, 6.45) is 5.67. The minimum absolute atomic E-state index is 0.109. The predicted molar refractivity (Wildman–Crippen MR) is 117 cm³/mol. The lowest BCUT2D eigenvalue weighted by Crippen LogP contribution is -2.27. The molecule has 3 aromatic rings. The minimum Gasteiger partial charge on any atom is -0.297 e. The number of hydrogen-bond donors (Lipinski definition) is 0. The van der Waals surface area contributed by atoms with Gasteiger partial charge in [0, 0.05) is 16.4 Å². The zero-order chi connectivity index (χ0) is 20.3. The Morgan fingerprint density at radius 2 is 1.93 bits per heavy atom. The molecule has 1 fully saturated rings. The summed E-state index contributed by atoms with van der Waals surface area (Å²) < 4.78 is 1.49. The third kappa shape index (κ3) is 3.95. The number of rotatable bonds is 4. The van der Waals surface area contributed by atoms with E-state index in [1.165, 1.54) is 22.2 Å². The summed E-state index contributed by atoms with van der Waals surface area (Å²) in [7, 11) is 0. The van der Waals surface area contributed by atoms with Gasteiger partial charge in [-0.25, -0.2) is 4.98 Å². The van der Waals surface area contributed by atoms with Gasteiger partial charge in [-0.1, -0.05) is 56.5 Å². The molecule has 1 aliphatic carbocycles. The summed E-state index contributed by atoms with van der Waals surface area (Å²) in [6.45, 7) is 8.20. The van der Waals surface area contributed by atoms with Gasteiger partial charge in [0.2, 0.25) is 0 Å². The third-order valence-electron chi connectivity index (χ3n) is 5.30. The molecule has 1 aliphatic rings. The topological polar surface area (TPSA) is 52.0 Å². The summed E-state index contributed by atoms with van der Waals surface area (Å²) in [4.78, 5) is 32.0. The van der Waals surface area contributed by atoms with Crippen molar-refractivity contribution < 1.29 is 4.79 Å². The van der Waals surface area contributed by atoms with Crippen LogP contribution in [0.25, 0.3) is 21.3 Å². The van der Waals surface area contributed by atoms with E-state index in [0.717, 1.165) is 52.1 Å². The SMILES string of the molecule is CC.Cc1cccc(-c2c(C)sc3ncn(CC(=O)C4CCCC4)c(=O)c23)c1. The number of Topliss-reactive ketones (excluding diaryl/α,β-unsaturated/α-hetero) is 1. The molecule has 1 saturated carbocycles. The second-order valence-corrected chi connectivity index (χ2v) is 8.41. The number of hydrogen-bond acceptors (Lipinski definition) is 4. The van der Waals surface area contributed by atoms with Crippen LogP contribution >= 0.6 is 11.3 Å². The van der Waals surface area contributed by atoms with Gasteiger partial charge in [0.25, 0.3) is 5.56 Å². The molecule has 0 aliphatic heterocycles. The second kappa shape index (κ2) is 8.82. The van der Waals surface area contributed by atoms with Crippen molar-refractivity contribution in [2.45, 2.75) is 59.9 Å². The van der Waals surface area contributed by atoms with E-state index in [0.29, 0.717) is 5.39 Å². The second-order valence-electron chi connectivity index (χ2n) is 7.21. The first-order valence-corrected chi connectivity index (χ1v) is 10.9. The molecule has 148 valence electrons. The quantitative estimate of drug-likeness (QED) is 0.583. The molecule has 0 bridgehead atoms. The van der Waals surface area contributed by atoms with Crippen molar-refractivity contribution in [3.05, 3.63) is 51.4 Å². The molecule has 1 aromatic carbocycles. The predicted octanol–water partition coefficient (Wildman–Crippen LogP) is 5.53. The Morgan fingerprint density at radius 1 is 1.21 bits per heavy atom. The zero-order valence-electron chi connectivity index (χ0n) is 17.1. The maximum Gasteiger partial charge on any atom is 0.263 e. The van der Waals surface area contributed by atoms with Crippen LogP contribution in [0, 0.1) is 19.8 Å².